The number of para-hydroxylation sites is 1. The predicted octanol–water partition coefficient (Wildman–Crippen LogP) is 2.39. The maximum absolute atomic E-state index is 10.9. The average molecular weight is 271 g/mol. The highest BCUT2D eigenvalue weighted by molar-refractivity contribution is 5.46. The standard InChI is InChI=1S/C16H21N3O/c1-2-18-13-10-17-15(18)16(20)8-11-19(12-9-16)14-6-4-3-5-7-14/h3-7,10,13,20H,2,8-9,11-12H2,1H3. The van der Waals surface area contributed by atoms with Crippen molar-refractivity contribution < 1.29 is 5.11 Å². The van der Waals surface area contributed by atoms with Crippen molar-refractivity contribution in [3.8, 4) is 0 Å². The van der Waals surface area contributed by atoms with Gasteiger partial charge in [-0.1, -0.05) is 18.2 Å². The van der Waals surface area contributed by atoms with Crippen LogP contribution >= 0.6 is 0 Å². The number of aromatic nitrogens is 2. The molecule has 0 saturated carbocycles. The number of hydrogen-bond acceptors (Lipinski definition) is 3. The van der Waals surface area contributed by atoms with E-state index >= 15 is 0 Å². The molecule has 2 heterocycles. The number of nitrogens with zero attached hydrogens (tertiary/aromatic N) is 3. The van der Waals surface area contributed by atoms with Gasteiger partial charge in [-0.05, 0) is 19.1 Å². The molecule has 0 amide bonds. The number of imidazole rings is 1. The first-order chi connectivity index (χ1) is 9.73. The van der Waals surface area contributed by atoms with Crippen LogP contribution in [-0.2, 0) is 12.1 Å². The van der Waals surface area contributed by atoms with E-state index in [1.807, 2.05) is 16.8 Å². The molecule has 0 radical (unpaired) electrons. The Labute approximate surface area is 119 Å². The van der Waals surface area contributed by atoms with Crippen molar-refractivity contribution in [1.82, 2.24) is 9.55 Å². The molecule has 106 valence electrons. The molecule has 0 unspecified atom stereocenters. The minimum atomic E-state index is -0.787. The first-order valence-corrected chi connectivity index (χ1v) is 7.27. The molecule has 4 heteroatoms. The molecule has 0 atom stereocenters. The average Bonchev–Trinajstić information content (AvgIpc) is 2.98. The fourth-order valence-electron chi connectivity index (χ4n) is 2.97. The summed E-state index contributed by atoms with van der Waals surface area (Å²) in [4.78, 5) is 6.70. The van der Waals surface area contributed by atoms with E-state index in [0.29, 0.717) is 0 Å². The van der Waals surface area contributed by atoms with Crippen molar-refractivity contribution in [2.24, 2.45) is 0 Å². The lowest BCUT2D eigenvalue weighted by Crippen LogP contribution is -2.44. The lowest BCUT2D eigenvalue weighted by Gasteiger charge is -2.39. The van der Waals surface area contributed by atoms with Crippen LogP contribution in [-0.4, -0.2) is 27.7 Å². The number of rotatable bonds is 3. The molecule has 3 rings (SSSR count). The summed E-state index contributed by atoms with van der Waals surface area (Å²) in [5.74, 6) is 0.813. The van der Waals surface area contributed by atoms with E-state index in [-0.39, 0.29) is 0 Å². The van der Waals surface area contributed by atoms with Crippen molar-refractivity contribution in [2.45, 2.75) is 31.9 Å². The summed E-state index contributed by atoms with van der Waals surface area (Å²) in [5, 5.41) is 10.9. The fraction of sp³-hybridized carbons (Fsp3) is 0.438. The topological polar surface area (TPSA) is 41.3 Å². The third-order valence-electron chi connectivity index (χ3n) is 4.18. The van der Waals surface area contributed by atoms with Gasteiger partial charge in [0.1, 0.15) is 11.4 Å². The van der Waals surface area contributed by atoms with Crippen LogP contribution in [0.3, 0.4) is 0 Å². The minimum Gasteiger partial charge on any atom is -0.382 e. The molecule has 0 aliphatic carbocycles. The Morgan fingerprint density at radius 2 is 1.90 bits per heavy atom. The Morgan fingerprint density at radius 3 is 2.55 bits per heavy atom. The SMILES string of the molecule is CCn1ccnc1C1(O)CCN(c2ccccc2)CC1. The van der Waals surface area contributed by atoms with E-state index in [1.54, 1.807) is 6.20 Å². The molecule has 1 aliphatic heterocycles. The largest absolute Gasteiger partial charge is 0.382 e. The van der Waals surface area contributed by atoms with E-state index in [2.05, 4.69) is 41.1 Å². The zero-order valence-electron chi connectivity index (χ0n) is 11.9. The van der Waals surface area contributed by atoms with Crippen LogP contribution < -0.4 is 4.90 Å². The van der Waals surface area contributed by atoms with Crippen LogP contribution in [0.4, 0.5) is 5.69 Å². The number of benzene rings is 1. The summed E-state index contributed by atoms with van der Waals surface area (Å²) < 4.78 is 2.04. The first-order valence-electron chi connectivity index (χ1n) is 7.27. The summed E-state index contributed by atoms with van der Waals surface area (Å²) in [6.07, 6.45) is 5.16. The summed E-state index contributed by atoms with van der Waals surface area (Å²) in [6.45, 7) is 4.64. The lowest BCUT2D eigenvalue weighted by atomic mass is 9.90. The van der Waals surface area contributed by atoms with Gasteiger partial charge in [0.15, 0.2) is 0 Å². The molecular formula is C16H21N3O. The molecule has 1 saturated heterocycles. The summed E-state index contributed by atoms with van der Waals surface area (Å²) in [5.41, 5.74) is 0.443. The molecule has 1 fully saturated rings. The van der Waals surface area contributed by atoms with E-state index < -0.39 is 5.60 Å². The van der Waals surface area contributed by atoms with E-state index in [0.717, 1.165) is 38.3 Å². The van der Waals surface area contributed by atoms with Gasteiger partial charge in [-0.25, -0.2) is 4.98 Å². The number of hydrogen-bond donors (Lipinski definition) is 1. The molecular weight excluding hydrogens is 250 g/mol. The smallest absolute Gasteiger partial charge is 0.140 e. The van der Waals surface area contributed by atoms with Crippen molar-refractivity contribution in [1.29, 1.82) is 0 Å². The zero-order valence-corrected chi connectivity index (χ0v) is 11.9. The van der Waals surface area contributed by atoms with Gasteiger partial charge in [0.05, 0.1) is 0 Å². The molecule has 0 spiro atoms. The maximum atomic E-state index is 10.9. The Morgan fingerprint density at radius 1 is 1.20 bits per heavy atom. The van der Waals surface area contributed by atoms with E-state index in [9.17, 15) is 5.11 Å². The van der Waals surface area contributed by atoms with Gasteiger partial charge in [0.2, 0.25) is 0 Å². The number of anilines is 1. The van der Waals surface area contributed by atoms with Crippen molar-refractivity contribution in [3.63, 3.8) is 0 Å². The summed E-state index contributed by atoms with van der Waals surface area (Å²) in [7, 11) is 0. The van der Waals surface area contributed by atoms with Gasteiger partial charge >= 0.3 is 0 Å². The second-order valence-electron chi connectivity index (χ2n) is 5.39. The van der Waals surface area contributed by atoms with Gasteiger partial charge in [-0.2, -0.15) is 0 Å². The number of aliphatic hydroxyl groups is 1. The summed E-state index contributed by atoms with van der Waals surface area (Å²) >= 11 is 0. The fourth-order valence-corrected chi connectivity index (χ4v) is 2.97. The molecule has 1 N–H and O–H groups in total. The van der Waals surface area contributed by atoms with Gasteiger partial charge in [0.25, 0.3) is 0 Å². The zero-order chi connectivity index (χ0) is 14.0. The quantitative estimate of drug-likeness (QED) is 0.932. The van der Waals surface area contributed by atoms with Crippen LogP contribution in [0.25, 0.3) is 0 Å². The normalized spacial score (nSPS) is 18.2. The van der Waals surface area contributed by atoms with Crippen molar-refractivity contribution in [2.75, 3.05) is 18.0 Å². The highest BCUT2D eigenvalue weighted by Gasteiger charge is 2.37. The molecule has 1 aliphatic rings. The number of aryl methyl sites for hydroxylation is 1. The molecule has 1 aromatic heterocycles. The minimum absolute atomic E-state index is 0.721. The van der Waals surface area contributed by atoms with E-state index in [1.165, 1.54) is 5.69 Å². The van der Waals surface area contributed by atoms with Crippen LogP contribution in [0.2, 0.25) is 0 Å². The molecule has 4 nitrogen and oxygen atoms in total. The highest BCUT2D eigenvalue weighted by atomic mass is 16.3. The Balaban J connectivity index is 1.75. The van der Waals surface area contributed by atoms with Crippen molar-refractivity contribution >= 4 is 5.69 Å². The highest BCUT2D eigenvalue weighted by Crippen LogP contribution is 2.33. The Bertz CT molecular complexity index is 556. The van der Waals surface area contributed by atoms with E-state index in [4.69, 9.17) is 0 Å². The maximum Gasteiger partial charge on any atom is 0.140 e. The first kappa shape index (κ1) is 13.2. The van der Waals surface area contributed by atoms with Gasteiger partial charge in [-0.3, -0.25) is 0 Å². The third kappa shape index (κ3) is 2.31. The van der Waals surface area contributed by atoms with Crippen LogP contribution in [0.15, 0.2) is 42.7 Å². The Hall–Kier alpha value is -1.81. The van der Waals surface area contributed by atoms with Gasteiger partial charge in [0, 0.05) is 50.6 Å². The molecule has 0 bridgehead atoms. The summed E-state index contributed by atoms with van der Waals surface area (Å²) in [6, 6.07) is 10.4. The van der Waals surface area contributed by atoms with Crippen LogP contribution in [0.5, 0.6) is 0 Å². The monoisotopic (exact) mass is 271 g/mol. The third-order valence-corrected chi connectivity index (χ3v) is 4.18. The second-order valence-corrected chi connectivity index (χ2v) is 5.39. The van der Waals surface area contributed by atoms with Gasteiger partial charge < -0.3 is 14.6 Å². The van der Waals surface area contributed by atoms with Crippen LogP contribution in [0, 0.1) is 0 Å². The van der Waals surface area contributed by atoms with Crippen molar-refractivity contribution in [3.05, 3.63) is 48.5 Å². The molecule has 20 heavy (non-hydrogen) atoms. The molecule has 2 aromatic rings. The van der Waals surface area contributed by atoms with Gasteiger partial charge in [-0.15, -0.1) is 0 Å². The second kappa shape index (κ2) is 5.29. The number of piperidine rings is 1. The lowest BCUT2D eigenvalue weighted by molar-refractivity contribution is 0.000104. The predicted molar refractivity (Wildman–Crippen MR) is 79.7 cm³/mol. The van der Waals surface area contributed by atoms with Crippen LogP contribution in [0.1, 0.15) is 25.6 Å². The Kier molecular flexibility index (Phi) is 3.49. The molecule has 1 aromatic carbocycles.